The highest BCUT2D eigenvalue weighted by atomic mass is 16.4. The second-order valence-corrected chi connectivity index (χ2v) is 9.27. The number of benzene rings is 1. The largest absolute Gasteiger partial charge is 0.507 e. The first kappa shape index (κ1) is 22.0. The fraction of sp³-hybridized carbons (Fsp3) is 0.522. The molecule has 0 aliphatic heterocycles. The number of aromatic hydroxyl groups is 1. The van der Waals surface area contributed by atoms with Gasteiger partial charge in [-0.05, 0) is 39.9 Å². The number of carboxylic acid groups (broad SMARTS) is 1. The molecule has 1 aromatic carbocycles. The van der Waals surface area contributed by atoms with Crippen molar-refractivity contribution in [2.75, 3.05) is 0 Å². The van der Waals surface area contributed by atoms with Gasteiger partial charge in [-0.1, -0.05) is 73.3 Å². The van der Waals surface area contributed by atoms with Crippen LogP contribution in [0.1, 0.15) is 77.5 Å². The van der Waals surface area contributed by atoms with Gasteiger partial charge in [-0.3, -0.25) is 0 Å². The zero-order valence-electron chi connectivity index (χ0n) is 17.3. The SMILES string of the molecule is C=CCC(C)C(C(=C)C(=O)O)c1cc(C(C)(C)C)c(O)c(C(C)(C)C)c1. The molecule has 3 nitrogen and oxygen atoms in total. The maximum atomic E-state index is 11.7. The summed E-state index contributed by atoms with van der Waals surface area (Å²) in [6.45, 7) is 21.9. The molecular formula is C23H34O3. The van der Waals surface area contributed by atoms with Crippen LogP contribution in [0.25, 0.3) is 0 Å². The summed E-state index contributed by atoms with van der Waals surface area (Å²) in [5.41, 5.74) is 2.18. The molecule has 3 heteroatoms. The molecule has 0 saturated carbocycles. The van der Waals surface area contributed by atoms with Crippen LogP contribution < -0.4 is 0 Å². The van der Waals surface area contributed by atoms with Crippen molar-refractivity contribution in [3.05, 3.63) is 53.6 Å². The minimum Gasteiger partial charge on any atom is -0.507 e. The minimum absolute atomic E-state index is 0.0429. The van der Waals surface area contributed by atoms with E-state index in [4.69, 9.17) is 0 Å². The van der Waals surface area contributed by atoms with Crippen LogP contribution in [0.3, 0.4) is 0 Å². The van der Waals surface area contributed by atoms with Crippen LogP contribution in [0.2, 0.25) is 0 Å². The molecule has 26 heavy (non-hydrogen) atoms. The second-order valence-electron chi connectivity index (χ2n) is 9.27. The van der Waals surface area contributed by atoms with Gasteiger partial charge in [0.05, 0.1) is 0 Å². The highest BCUT2D eigenvalue weighted by molar-refractivity contribution is 5.88. The van der Waals surface area contributed by atoms with E-state index >= 15 is 0 Å². The van der Waals surface area contributed by atoms with Crippen LogP contribution >= 0.6 is 0 Å². The lowest BCUT2D eigenvalue weighted by atomic mass is 9.73. The third-order valence-electron chi connectivity index (χ3n) is 4.86. The van der Waals surface area contributed by atoms with Gasteiger partial charge < -0.3 is 10.2 Å². The number of rotatable bonds is 6. The van der Waals surface area contributed by atoms with Crippen molar-refractivity contribution in [2.45, 2.75) is 71.6 Å². The van der Waals surface area contributed by atoms with E-state index in [1.807, 2.05) is 66.7 Å². The summed E-state index contributed by atoms with van der Waals surface area (Å²) in [5.74, 6) is -0.993. The van der Waals surface area contributed by atoms with Gasteiger partial charge in [0.15, 0.2) is 0 Å². The molecular weight excluding hydrogens is 324 g/mol. The number of allylic oxidation sites excluding steroid dienone is 1. The van der Waals surface area contributed by atoms with Crippen LogP contribution in [0.5, 0.6) is 5.75 Å². The lowest BCUT2D eigenvalue weighted by molar-refractivity contribution is -0.133. The second kappa shape index (κ2) is 7.69. The average Bonchev–Trinajstić information content (AvgIpc) is 2.46. The van der Waals surface area contributed by atoms with E-state index in [1.165, 1.54) is 0 Å². The third kappa shape index (κ3) is 4.78. The number of carbonyl (C=O) groups is 1. The third-order valence-corrected chi connectivity index (χ3v) is 4.86. The van der Waals surface area contributed by atoms with Crippen LogP contribution in [-0.2, 0) is 15.6 Å². The first-order chi connectivity index (χ1) is 11.7. The summed E-state index contributed by atoms with van der Waals surface area (Å²) in [5, 5.41) is 20.5. The number of hydrogen-bond acceptors (Lipinski definition) is 2. The van der Waals surface area contributed by atoms with E-state index in [0.717, 1.165) is 16.7 Å². The van der Waals surface area contributed by atoms with Gasteiger partial charge in [-0.15, -0.1) is 6.58 Å². The van der Waals surface area contributed by atoms with Gasteiger partial charge in [0.2, 0.25) is 0 Å². The van der Waals surface area contributed by atoms with E-state index in [9.17, 15) is 15.0 Å². The summed E-state index contributed by atoms with van der Waals surface area (Å²) in [4.78, 5) is 11.7. The van der Waals surface area contributed by atoms with Gasteiger partial charge in [-0.2, -0.15) is 0 Å². The van der Waals surface area contributed by atoms with Crippen LogP contribution in [-0.4, -0.2) is 16.2 Å². The highest BCUT2D eigenvalue weighted by Crippen LogP contribution is 2.43. The summed E-state index contributed by atoms with van der Waals surface area (Å²) in [6, 6.07) is 3.89. The number of carboxylic acids is 1. The monoisotopic (exact) mass is 358 g/mol. The zero-order chi connectivity index (χ0) is 20.4. The highest BCUT2D eigenvalue weighted by Gasteiger charge is 2.31. The van der Waals surface area contributed by atoms with Crippen LogP contribution in [0.4, 0.5) is 0 Å². The molecule has 1 rings (SSSR count). The summed E-state index contributed by atoms with van der Waals surface area (Å²) >= 11 is 0. The summed E-state index contributed by atoms with van der Waals surface area (Å²) in [7, 11) is 0. The van der Waals surface area contributed by atoms with Gasteiger partial charge in [0.1, 0.15) is 5.75 Å². The Morgan fingerprint density at radius 2 is 1.54 bits per heavy atom. The molecule has 0 saturated heterocycles. The molecule has 0 bridgehead atoms. The molecule has 0 heterocycles. The zero-order valence-corrected chi connectivity index (χ0v) is 17.3. The van der Waals surface area contributed by atoms with Gasteiger partial charge in [0.25, 0.3) is 0 Å². The van der Waals surface area contributed by atoms with Crippen molar-refractivity contribution < 1.29 is 15.0 Å². The topological polar surface area (TPSA) is 57.5 Å². The molecule has 1 aromatic rings. The number of phenols is 1. The maximum absolute atomic E-state index is 11.7. The molecule has 0 radical (unpaired) electrons. The molecule has 144 valence electrons. The lowest BCUT2D eigenvalue weighted by Gasteiger charge is -2.31. The van der Waals surface area contributed by atoms with Crippen molar-refractivity contribution in [2.24, 2.45) is 5.92 Å². The first-order valence-electron chi connectivity index (χ1n) is 9.12. The average molecular weight is 359 g/mol. The fourth-order valence-corrected chi connectivity index (χ4v) is 3.38. The standard InChI is InChI=1S/C23H34O3/c1-10-11-14(2)19(15(3)21(25)26)16-12-17(22(4,5)6)20(24)18(13-16)23(7,8)9/h10,12-14,19,24H,1,3,11H2,2,4-9H3,(H,25,26). The van der Waals surface area contributed by atoms with Gasteiger partial charge in [0, 0.05) is 11.5 Å². The van der Waals surface area contributed by atoms with Crippen molar-refractivity contribution in [3.63, 3.8) is 0 Å². The molecule has 2 N–H and O–H groups in total. The van der Waals surface area contributed by atoms with Crippen molar-refractivity contribution in [3.8, 4) is 5.75 Å². The fourth-order valence-electron chi connectivity index (χ4n) is 3.38. The maximum Gasteiger partial charge on any atom is 0.331 e. The lowest BCUT2D eigenvalue weighted by Crippen LogP contribution is -2.22. The van der Waals surface area contributed by atoms with Crippen molar-refractivity contribution >= 4 is 5.97 Å². The Hall–Kier alpha value is -2.03. The molecule has 0 fully saturated rings. The van der Waals surface area contributed by atoms with E-state index in [2.05, 4.69) is 13.2 Å². The first-order valence-corrected chi connectivity index (χ1v) is 9.12. The van der Waals surface area contributed by atoms with Crippen LogP contribution in [0.15, 0.2) is 36.9 Å². The Bertz CT molecular complexity index is 664. The van der Waals surface area contributed by atoms with Crippen LogP contribution in [0, 0.1) is 5.92 Å². The van der Waals surface area contributed by atoms with Crippen molar-refractivity contribution in [1.29, 1.82) is 0 Å². The number of phenolic OH excluding ortho intramolecular Hbond substituents is 1. The van der Waals surface area contributed by atoms with Crippen molar-refractivity contribution in [1.82, 2.24) is 0 Å². The van der Waals surface area contributed by atoms with Gasteiger partial charge >= 0.3 is 5.97 Å². The molecule has 0 aliphatic rings. The minimum atomic E-state index is -0.992. The van der Waals surface area contributed by atoms with E-state index in [-0.39, 0.29) is 28.2 Å². The predicted octanol–water partition coefficient (Wildman–Crippen LogP) is 5.92. The van der Waals surface area contributed by atoms with E-state index in [0.29, 0.717) is 12.2 Å². The Balaban J connectivity index is 3.78. The number of aliphatic carboxylic acids is 1. The normalized spacial score (nSPS) is 14.6. The molecule has 0 amide bonds. The molecule has 0 aliphatic carbocycles. The smallest absolute Gasteiger partial charge is 0.331 e. The molecule has 2 unspecified atom stereocenters. The Morgan fingerprint density at radius 3 is 1.85 bits per heavy atom. The predicted molar refractivity (Wildman–Crippen MR) is 109 cm³/mol. The Morgan fingerprint density at radius 1 is 1.12 bits per heavy atom. The molecule has 0 spiro atoms. The van der Waals surface area contributed by atoms with Gasteiger partial charge in [-0.25, -0.2) is 4.79 Å². The summed E-state index contributed by atoms with van der Waals surface area (Å²) < 4.78 is 0. The van der Waals surface area contributed by atoms with E-state index < -0.39 is 5.97 Å². The Labute approximate surface area is 158 Å². The Kier molecular flexibility index (Phi) is 6.51. The molecule has 0 aromatic heterocycles. The number of hydrogen-bond donors (Lipinski definition) is 2. The quantitative estimate of drug-likeness (QED) is 0.490. The van der Waals surface area contributed by atoms with E-state index in [1.54, 1.807) is 0 Å². The summed E-state index contributed by atoms with van der Waals surface area (Å²) in [6.07, 6.45) is 2.50. The molecule has 2 atom stereocenters.